The number of hydrogen-bond acceptors (Lipinski definition) is 7. The lowest BCUT2D eigenvalue weighted by atomic mass is 10.1. The second-order valence-corrected chi connectivity index (χ2v) is 7.49. The fourth-order valence-electron chi connectivity index (χ4n) is 2.29. The predicted octanol–water partition coefficient (Wildman–Crippen LogP) is 2.61. The molecule has 0 saturated carbocycles. The number of esters is 1. The molecule has 1 aromatic heterocycles. The van der Waals surface area contributed by atoms with Crippen LogP contribution in [0.1, 0.15) is 34.8 Å². The van der Waals surface area contributed by atoms with Gasteiger partial charge in [-0.15, -0.1) is 10.2 Å². The molecule has 9 heteroatoms. The number of sulfonamides is 1. The van der Waals surface area contributed by atoms with Gasteiger partial charge in [-0.3, -0.25) is 0 Å². The Morgan fingerprint density at radius 1 is 1.15 bits per heavy atom. The molecule has 0 aliphatic heterocycles. The standard InChI is InChI=1S/C18H17N3O5S/c1-11-6-8-13(9-7-11)17-21-20-16(26-17)12(2)25-18(22)14-4-3-5-15(10-14)27(19,23)24/h3-10,12H,1-2H3,(H2,19,23,24)/t12-/m1/s1. The maximum absolute atomic E-state index is 12.3. The molecule has 0 saturated heterocycles. The Hall–Kier alpha value is -3.04. The van der Waals surface area contributed by atoms with Gasteiger partial charge >= 0.3 is 5.97 Å². The number of nitrogens with two attached hydrogens (primary N) is 1. The minimum atomic E-state index is -3.92. The maximum atomic E-state index is 12.3. The van der Waals surface area contributed by atoms with E-state index < -0.39 is 22.1 Å². The third kappa shape index (κ3) is 4.39. The molecule has 0 bridgehead atoms. The molecule has 3 rings (SSSR count). The molecule has 0 fully saturated rings. The van der Waals surface area contributed by atoms with E-state index in [0.717, 1.165) is 17.2 Å². The van der Waals surface area contributed by atoms with Crippen molar-refractivity contribution in [1.82, 2.24) is 10.2 Å². The van der Waals surface area contributed by atoms with Gasteiger partial charge in [-0.1, -0.05) is 23.8 Å². The fourth-order valence-corrected chi connectivity index (χ4v) is 2.85. The molecule has 2 N–H and O–H groups in total. The van der Waals surface area contributed by atoms with Crippen LogP contribution >= 0.6 is 0 Å². The van der Waals surface area contributed by atoms with Gasteiger partial charge in [0.05, 0.1) is 10.5 Å². The first-order chi connectivity index (χ1) is 12.7. The molecule has 27 heavy (non-hydrogen) atoms. The van der Waals surface area contributed by atoms with E-state index in [-0.39, 0.29) is 16.3 Å². The van der Waals surface area contributed by atoms with Crippen molar-refractivity contribution in [2.24, 2.45) is 5.14 Å². The lowest BCUT2D eigenvalue weighted by Crippen LogP contribution is -2.14. The molecule has 0 amide bonds. The quantitative estimate of drug-likeness (QED) is 0.667. The topological polar surface area (TPSA) is 125 Å². The summed E-state index contributed by atoms with van der Waals surface area (Å²) >= 11 is 0. The molecule has 0 radical (unpaired) electrons. The Kier molecular flexibility index (Phi) is 5.06. The number of carbonyl (C=O) groups excluding carboxylic acids is 1. The number of aryl methyl sites for hydroxylation is 1. The maximum Gasteiger partial charge on any atom is 0.338 e. The van der Waals surface area contributed by atoms with Crippen LogP contribution in [0.5, 0.6) is 0 Å². The largest absolute Gasteiger partial charge is 0.449 e. The zero-order valence-corrected chi connectivity index (χ0v) is 15.4. The number of benzene rings is 2. The molecular formula is C18H17N3O5S. The average molecular weight is 387 g/mol. The fraction of sp³-hybridized carbons (Fsp3) is 0.167. The summed E-state index contributed by atoms with van der Waals surface area (Å²) < 4.78 is 33.7. The summed E-state index contributed by atoms with van der Waals surface area (Å²) in [5, 5.41) is 12.9. The number of carbonyl (C=O) groups is 1. The molecule has 0 unspecified atom stereocenters. The van der Waals surface area contributed by atoms with E-state index in [4.69, 9.17) is 14.3 Å². The lowest BCUT2D eigenvalue weighted by Gasteiger charge is -2.10. The van der Waals surface area contributed by atoms with Crippen molar-refractivity contribution in [3.05, 3.63) is 65.5 Å². The molecule has 3 aromatic rings. The molecule has 0 aliphatic rings. The molecule has 1 atom stereocenters. The molecular weight excluding hydrogens is 370 g/mol. The number of primary sulfonamides is 1. The molecule has 0 spiro atoms. The van der Waals surface area contributed by atoms with Gasteiger partial charge in [0.1, 0.15) is 0 Å². The van der Waals surface area contributed by atoms with Crippen molar-refractivity contribution in [3.8, 4) is 11.5 Å². The van der Waals surface area contributed by atoms with Gasteiger partial charge in [0.25, 0.3) is 5.89 Å². The molecule has 8 nitrogen and oxygen atoms in total. The zero-order valence-electron chi connectivity index (χ0n) is 14.6. The van der Waals surface area contributed by atoms with Gasteiger partial charge in [0.2, 0.25) is 15.9 Å². The van der Waals surface area contributed by atoms with Crippen molar-refractivity contribution >= 4 is 16.0 Å². The van der Waals surface area contributed by atoms with Crippen LogP contribution in [0, 0.1) is 6.92 Å². The van der Waals surface area contributed by atoms with E-state index in [1.807, 2.05) is 31.2 Å². The Labute approximate surface area is 156 Å². The molecule has 140 valence electrons. The Bertz CT molecular complexity index is 1070. The van der Waals surface area contributed by atoms with E-state index in [9.17, 15) is 13.2 Å². The number of aromatic nitrogens is 2. The van der Waals surface area contributed by atoms with Gasteiger partial charge in [-0.25, -0.2) is 18.4 Å². The smallest absolute Gasteiger partial charge is 0.338 e. The van der Waals surface area contributed by atoms with E-state index in [1.165, 1.54) is 18.2 Å². The predicted molar refractivity (Wildman–Crippen MR) is 96.1 cm³/mol. The first kappa shape index (κ1) is 18.7. The summed E-state index contributed by atoms with van der Waals surface area (Å²) in [4.78, 5) is 12.1. The SMILES string of the molecule is Cc1ccc(-c2nnc([C@@H](C)OC(=O)c3cccc(S(N)(=O)=O)c3)o2)cc1. The Morgan fingerprint density at radius 3 is 2.52 bits per heavy atom. The molecule has 2 aromatic carbocycles. The third-order valence-corrected chi connectivity index (χ3v) is 4.68. The highest BCUT2D eigenvalue weighted by atomic mass is 32.2. The number of ether oxygens (including phenoxy) is 1. The van der Waals surface area contributed by atoms with Crippen LogP contribution in [0.25, 0.3) is 11.5 Å². The van der Waals surface area contributed by atoms with Gasteiger partial charge < -0.3 is 9.15 Å². The summed E-state index contributed by atoms with van der Waals surface area (Å²) in [6.45, 7) is 3.54. The summed E-state index contributed by atoms with van der Waals surface area (Å²) in [6, 6.07) is 12.8. The highest BCUT2D eigenvalue weighted by Crippen LogP contribution is 2.23. The minimum Gasteiger partial charge on any atom is -0.449 e. The molecule has 1 heterocycles. The van der Waals surface area contributed by atoms with Gasteiger partial charge in [0.15, 0.2) is 6.10 Å². The second kappa shape index (κ2) is 7.29. The first-order valence-corrected chi connectivity index (χ1v) is 9.53. The van der Waals surface area contributed by atoms with Crippen LogP contribution in [0.4, 0.5) is 0 Å². The summed E-state index contributed by atoms with van der Waals surface area (Å²) in [6.07, 6.45) is -0.817. The van der Waals surface area contributed by atoms with Crippen LogP contribution in [-0.2, 0) is 14.8 Å². The highest BCUT2D eigenvalue weighted by molar-refractivity contribution is 7.89. The molecule has 0 aliphatic carbocycles. The van der Waals surface area contributed by atoms with Crippen LogP contribution in [0.15, 0.2) is 57.8 Å². The summed E-state index contributed by atoms with van der Waals surface area (Å²) in [5.41, 5.74) is 1.90. The average Bonchev–Trinajstić information content (AvgIpc) is 3.12. The van der Waals surface area contributed by atoms with E-state index in [1.54, 1.807) is 6.92 Å². The minimum absolute atomic E-state index is 0.0478. The summed E-state index contributed by atoms with van der Waals surface area (Å²) in [7, 11) is -3.92. The van der Waals surface area contributed by atoms with E-state index >= 15 is 0 Å². The van der Waals surface area contributed by atoms with Crippen molar-refractivity contribution in [1.29, 1.82) is 0 Å². The highest BCUT2D eigenvalue weighted by Gasteiger charge is 2.21. The van der Waals surface area contributed by atoms with Crippen molar-refractivity contribution in [3.63, 3.8) is 0 Å². The third-order valence-electron chi connectivity index (χ3n) is 3.77. The van der Waals surface area contributed by atoms with Gasteiger partial charge in [-0.2, -0.15) is 0 Å². The van der Waals surface area contributed by atoms with E-state index in [0.29, 0.717) is 5.89 Å². The zero-order chi connectivity index (χ0) is 19.6. The normalized spacial score (nSPS) is 12.6. The van der Waals surface area contributed by atoms with Crippen molar-refractivity contribution in [2.75, 3.05) is 0 Å². The van der Waals surface area contributed by atoms with E-state index in [2.05, 4.69) is 10.2 Å². The van der Waals surface area contributed by atoms with Crippen LogP contribution in [-0.4, -0.2) is 24.6 Å². The Morgan fingerprint density at radius 2 is 1.85 bits per heavy atom. The van der Waals surface area contributed by atoms with Crippen molar-refractivity contribution in [2.45, 2.75) is 24.8 Å². The van der Waals surface area contributed by atoms with Gasteiger partial charge in [0, 0.05) is 5.56 Å². The monoisotopic (exact) mass is 387 g/mol. The second-order valence-electron chi connectivity index (χ2n) is 5.93. The first-order valence-electron chi connectivity index (χ1n) is 7.98. The van der Waals surface area contributed by atoms with Crippen LogP contribution in [0.3, 0.4) is 0 Å². The van der Waals surface area contributed by atoms with Crippen LogP contribution in [0.2, 0.25) is 0 Å². The van der Waals surface area contributed by atoms with Crippen molar-refractivity contribution < 1.29 is 22.4 Å². The Balaban J connectivity index is 1.75. The number of hydrogen-bond donors (Lipinski definition) is 1. The van der Waals surface area contributed by atoms with Crippen LogP contribution < -0.4 is 5.14 Å². The van der Waals surface area contributed by atoms with Gasteiger partial charge in [-0.05, 0) is 44.2 Å². The lowest BCUT2D eigenvalue weighted by molar-refractivity contribution is 0.0279. The number of nitrogens with zero attached hydrogens (tertiary/aromatic N) is 2. The number of rotatable bonds is 5. The summed E-state index contributed by atoms with van der Waals surface area (Å²) in [5.74, 6) is -0.297.